The van der Waals surface area contributed by atoms with E-state index in [2.05, 4.69) is 5.32 Å². The highest BCUT2D eigenvalue weighted by Gasteiger charge is 2.12. The first-order chi connectivity index (χ1) is 6.72. The van der Waals surface area contributed by atoms with Gasteiger partial charge >= 0.3 is 5.97 Å². The highest BCUT2D eigenvalue weighted by Crippen LogP contribution is 1.91. The van der Waals surface area contributed by atoms with Gasteiger partial charge in [-0.1, -0.05) is 6.92 Å². The largest absolute Gasteiger partial charge is 0.480 e. The van der Waals surface area contributed by atoms with Gasteiger partial charge in [0.15, 0.2) is 0 Å². The average Bonchev–Trinajstić information content (AvgIpc) is 2.16. The summed E-state index contributed by atoms with van der Waals surface area (Å²) in [4.78, 5) is 10.6. The smallest absolute Gasteiger partial charge is 0.320 e. The lowest BCUT2D eigenvalue weighted by atomic mass is 10.2. The highest BCUT2D eigenvalue weighted by atomic mass is 16.5. The van der Waals surface area contributed by atoms with E-state index in [1.165, 1.54) is 0 Å². The van der Waals surface area contributed by atoms with Crippen LogP contribution in [-0.4, -0.2) is 48.6 Å². The number of aliphatic hydroxyl groups excluding tert-OH is 1. The maximum absolute atomic E-state index is 10.6. The predicted molar refractivity (Wildman–Crippen MR) is 52.2 cm³/mol. The molecule has 0 rings (SSSR count). The van der Waals surface area contributed by atoms with Crippen molar-refractivity contribution in [3.8, 4) is 0 Å². The molecule has 84 valence electrons. The topological polar surface area (TPSA) is 78.8 Å². The first kappa shape index (κ1) is 13.4. The molecule has 0 aliphatic heterocycles. The molecule has 0 saturated carbocycles. The van der Waals surface area contributed by atoms with Gasteiger partial charge in [0.05, 0.1) is 13.2 Å². The second-order valence-electron chi connectivity index (χ2n) is 2.94. The van der Waals surface area contributed by atoms with Gasteiger partial charge < -0.3 is 20.3 Å². The molecule has 0 amide bonds. The zero-order chi connectivity index (χ0) is 10.8. The first-order valence-corrected chi connectivity index (χ1v) is 4.87. The number of carboxylic acids is 1. The van der Waals surface area contributed by atoms with E-state index < -0.39 is 12.0 Å². The van der Waals surface area contributed by atoms with Gasteiger partial charge in [0.1, 0.15) is 6.04 Å². The number of aliphatic carboxylic acids is 1. The van der Waals surface area contributed by atoms with Crippen molar-refractivity contribution in [3.05, 3.63) is 0 Å². The van der Waals surface area contributed by atoms with Crippen molar-refractivity contribution in [2.24, 2.45) is 0 Å². The van der Waals surface area contributed by atoms with E-state index in [0.29, 0.717) is 26.2 Å². The van der Waals surface area contributed by atoms with E-state index in [1.807, 2.05) is 6.92 Å². The summed E-state index contributed by atoms with van der Waals surface area (Å²) in [5, 5.41) is 20.0. The van der Waals surface area contributed by atoms with Crippen LogP contribution in [0.5, 0.6) is 0 Å². The second kappa shape index (κ2) is 8.93. The van der Waals surface area contributed by atoms with E-state index in [0.717, 1.165) is 6.42 Å². The number of carbonyl (C=O) groups is 1. The zero-order valence-corrected chi connectivity index (χ0v) is 8.53. The molecular formula is C9H19NO4. The predicted octanol–water partition coefficient (Wildman–Crippen LogP) is -0.162. The Bertz CT molecular complexity index is 152. The van der Waals surface area contributed by atoms with E-state index in [9.17, 15) is 4.79 Å². The number of hydrogen-bond donors (Lipinski definition) is 3. The number of rotatable bonds is 9. The number of ether oxygens (including phenoxy) is 1. The molecule has 1 atom stereocenters. The normalized spacial score (nSPS) is 12.7. The van der Waals surface area contributed by atoms with Gasteiger partial charge in [0.2, 0.25) is 0 Å². The van der Waals surface area contributed by atoms with Crippen LogP contribution >= 0.6 is 0 Å². The molecule has 0 saturated heterocycles. The van der Waals surface area contributed by atoms with Crippen LogP contribution in [0.1, 0.15) is 19.8 Å². The molecule has 0 heterocycles. The summed E-state index contributed by atoms with van der Waals surface area (Å²) in [6.07, 6.45) is 1.33. The van der Waals surface area contributed by atoms with Crippen LogP contribution < -0.4 is 5.32 Å². The molecule has 14 heavy (non-hydrogen) atoms. The number of nitrogens with one attached hydrogen (secondary N) is 1. The van der Waals surface area contributed by atoms with Gasteiger partial charge in [-0.2, -0.15) is 0 Å². The molecule has 3 N–H and O–H groups in total. The maximum atomic E-state index is 10.6. The van der Waals surface area contributed by atoms with Crippen molar-refractivity contribution in [1.82, 2.24) is 5.32 Å². The van der Waals surface area contributed by atoms with Crippen LogP contribution in [0, 0.1) is 0 Å². The Morgan fingerprint density at radius 1 is 1.50 bits per heavy atom. The van der Waals surface area contributed by atoms with Gasteiger partial charge in [-0.15, -0.1) is 0 Å². The van der Waals surface area contributed by atoms with E-state index in [-0.39, 0.29) is 6.61 Å². The zero-order valence-electron chi connectivity index (χ0n) is 8.53. The van der Waals surface area contributed by atoms with Gasteiger partial charge in [-0.3, -0.25) is 4.79 Å². The standard InChI is InChI=1S/C9H19NO4/c1-2-8(9(12)13)10-4-3-6-14-7-5-11/h8,10-11H,2-7H2,1H3,(H,12,13). The quantitative estimate of drug-likeness (QED) is 0.456. The Morgan fingerprint density at radius 3 is 2.71 bits per heavy atom. The number of hydrogen-bond acceptors (Lipinski definition) is 4. The lowest BCUT2D eigenvalue weighted by Crippen LogP contribution is -2.36. The third-order valence-electron chi connectivity index (χ3n) is 1.80. The summed E-state index contributed by atoms with van der Waals surface area (Å²) >= 11 is 0. The molecule has 0 aromatic carbocycles. The molecule has 1 unspecified atom stereocenters. The summed E-state index contributed by atoms with van der Waals surface area (Å²) in [6.45, 7) is 3.37. The summed E-state index contributed by atoms with van der Waals surface area (Å²) < 4.78 is 5.02. The fraction of sp³-hybridized carbons (Fsp3) is 0.889. The van der Waals surface area contributed by atoms with E-state index >= 15 is 0 Å². The van der Waals surface area contributed by atoms with Crippen molar-refractivity contribution in [2.75, 3.05) is 26.4 Å². The molecule has 0 aliphatic carbocycles. The lowest BCUT2D eigenvalue weighted by molar-refractivity contribution is -0.139. The van der Waals surface area contributed by atoms with E-state index in [1.54, 1.807) is 0 Å². The molecule has 0 aromatic heterocycles. The van der Waals surface area contributed by atoms with Gasteiger partial charge in [-0.05, 0) is 19.4 Å². The summed E-state index contributed by atoms with van der Waals surface area (Å²) in [6, 6.07) is -0.465. The van der Waals surface area contributed by atoms with Crippen LogP contribution in [0.15, 0.2) is 0 Å². The minimum atomic E-state index is -0.816. The third kappa shape index (κ3) is 6.82. The van der Waals surface area contributed by atoms with Crippen molar-refractivity contribution in [2.45, 2.75) is 25.8 Å². The fourth-order valence-electron chi connectivity index (χ4n) is 1.02. The van der Waals surface area contributed by atoms with Crippen molar-refractivity contribution in [3.63, 3.8) is 0 Å². The van der Waals surface area contributed by atoms with Gasteiger partial charge in [-0.25, -0.2) is 0 Å². The minimum absolute atomic E-state index is 0.0279. The second-order valence-corrected chi connectivity index (χ2v) is 2.94. The Morgan fingerprint density at radius 2 is 2.21 bits per heavy atom. The number of carboxylic acid groups (broad SMARTS) is 1. The minimum Gasteiger partial charge on any atom is -0.480 e. The molecule has 5 heteroatoms. The van der Waals surface area contributed by atoms with Crippen molar-refractivity contribution in [1.29, 1.82) is 0 Å². The fourth-order valence-corrected chi connectivity index (χ4v) is 1.02. The molecule has 0 spiro atoms. The maximum Gasteiger partial charge on any atom is 0.320 e. The third-order valence-corrected chi connectivity index (χ3v) is 1.80. The van der Waals surface area contributed by atoms with Crippen LogP contribution in [0.4, 0.5) is 0 Å². The van der Waals surface area contributed by atoms with Crippen molar-refractivity contribution >= 4 is 5.97 Å². The molecule has 0 fully saturated rings. The summed E-state index contributed by atoms with van der Waals surface area (Å²) in [5.74, 6) is -0.816. The Balaban J connectivity index is 3.29. The molecular weight excluding hydrogens is 186 g/mol. The van der Waals surface area contributed by atoms with Crippen LogP contribution in [0.3, 0.4) is 0 Å². The SMILES string of the molecule is CCC(NCCCOCCO)C(=O)O. The summed E-state index contributed by atoms with van der Waals surface area (Å²) in [7, 11) is 0. The summed E-state index contributed by atoms with van der Waals surface area (Å²) in [5.41, 5.74) is 0. The highest BCUT2D eigenvalue weighted by molar-refractivity contribution is 5.73. The van der Waals surface area contributed by atoms with Gasteiger partial charge in [0.25, 0.3) is 0 Å². The average molecular weight is 205 g/mol. The molecule has 5 nitrogen and oxygen atoms in total. The van der Waals surface area contributed by atoms with Gasteiger partial charge in [0, 0.05) is 6.61 Å². The monoisotopic (exact) mass is 205 g/mol. The van der Waals surface area contributed by atoms with Crippen molar-refractivity contribution < 1.29 is 19.7 Å². The molecule has 0 bridgehead atoms. The van der Waals surface area contributed by atoms with Crippen LogP contribution in [0.2, 0.25) is 0 Å². The Labute approximate surface area is 84.1 Å². The Kier molecular flexibility index (Phi) is 8.51. The first-order valence-electron chi connectivity index (χ1n) is 4.87. The Hall–Kier alpha value is -0.650. The van der Waals surface area contributed by atoms with Crippen LogP contribution in [-0.2, 0) is 9.53 Å². The molecule has 0 aromatic rings. The number of aliphatic hydroxyl groups is 1. The molecule has 0 radical (unpaired) electrons. The molecule has 0 aliphatic rings. The lowest BCUT2D eigenvalue weighted by Gasteiger charge is -2.11. The van der Waals surface area contributed by atoms with Crippen LogP contribution in [0.25, 0.3) is 0 Å². The van der Waals surface area contributed by atoms with E-state index in [4.69, 9.17) is 14.9 Å².